The molecule has 0 unspecified atom stereocenters. The molecule has 2 saturated heterocycles. The molecule has 1 spiro atoms. The highest BCUT2D eigenvalue weighted by Crippen LogP contribution is 2.60. The van der Waals surface area contributed by atoms with E-state index >= 15 is 4.11 Å². The van der Waals surface area contributed by atoms with E-state index in [1.807, 2.05) is 55.5 Å². The van der Waals surface area contributed by atoms with Gasteiger partial charge in [-0.25, -0.2) is 0 Å². The van der Waals surface area contributed by atoms with E-state index in [9.17, 15) is 24.3 Å². The molecule has 2 aromatic rings. The number of nitrogens with zero attached hydrogens (tertiary/aromatic N) is 3. The number of carbonyl (C=O) groups is 4. The molecular weight excluding hydrogens is 658 g/mol. The maximum Gasteiger partial charge on any atom is 0.305 e. The third kappa shape index (κ3) is 7.82. The molecule has 12 heteroatoms. The summed E-state index contributed by atoms with van der Waals surface area (Å²) in [5.74, 6) is -1.51. The predicted octanol–water partition coefficient (Wildman–Crippen LogP) is 5.86. The first kappa shape index (κ1) is 37.6. The Morgan fingerprint density at radius 1 is 1.08 bits per heavy atom. The zero-order valence-corrected chi connectivity index (χ0v) is 30.9. The molecule has 0 bridgehead atoms. The number of anilines is 2. The number of ether oxygens (including phenoxy) is 2. The van der Waals surface area contributed by atoms with Crippen LogP contribution in [0.2, 0.25) is 18.6 Å². The summed E-state index contributed by atoms with van der Waals surface area (Å²) >= 11 is 0. The maximum absolute atomic E-state index is 16.5. The fourth-order valence-electron chi connectivity index (χ4n) is 8.22. The van der Waals surface area contributed by atoms with Gasteiger partial charge < -0.3 is 33.4 Å². The van der Waals surface area contributed by atoms with E-state index < -0.39 is 31.6 Å². The van der Waals surface area contributed by atoms with Crippen molar-refractivity contribution in [2.45, 2.75) is 102 Å². The Bertz CT molecular complexity index is 1540. The van der Waals surface area contributed by atoms with Crippen LogP contribution in [0.4, 0.5) is 15.5 Å². The second kappa shape index (κ2) is 16.2. The van der Waals surface area contributed by atoms with E-state index in [0.29, 0.717) is 49.3 Å². The molecule has 0 aliphatic carbocycles. The molecule has 3 heterocycles. The number of unbranched alkanes of at least 4 members (excludes halogenated alkanes) is 1. The van der Waals surface area contributed by atoms with E-state index in [4.69, 9.17) is 9.47 Å². The number of benzene rings is 2. The molecule has 5 rings (SSSR count). The largest absolute Gasteiger partial charge is 0.469 e. The van der Waals surface area contributed by atoms with Gasteiger partial charge in [-0.15, -0.1) is 0 Å². The van der Waals surface area contributed by atoms with E-state index in [1.165, 1.54) is 7.11 Å². The zero-order valence-electron chi connectivity index (χ0n) is 29.9. The lowest BCUT2D eigenvalue weighted by molar-refractivity contribution is -0.149. The number of methoxy groups -OCH3 is 1. The monoisotopic (exact) mass is 709 g/mol. The van der Waals surface area contributed by atoms with Crippen LogP contribution in [0, 0.1) is 5.92 Å². The minimum atomic E-state index is -3.56. The highest BCUT2D eigenvalue weighted by atomic mass is 28.4. The highest BCUT2D eigenvalue weighted by molar-refractivity contribution is 6.72. The number of amides is 3. The Balaban J connectivity index is 1.52. The quantitative estimate of drug-likeness (QED) is 0.120. The van der Waals surface area contributed by atoms with Crippen LogP contribution in [-0.4, -0.2) is 81.6 Å². The third-order valence-corrected chi connectivity index (χ3v) is 13.1. The van der Waals surface area contributed by atoms with Gasteiger partial charge in [-0.3, -0.25) is 19.2 Å². The summed E-state index contributed by atoms with van der Waals surface area (Å²) in [5.41, 5.74) is 0.547. The molecule has 3 aliphatic heterocycles. The number of aliphatic hydroxyl groups excluding tert-OH is 1. The van der Waals surface area contributed by atoms with Crippen LogP contribution in [0.5, 0.6) is 0 Å². The Morgan fingerprint density at radius 2 is 1.82 bits per heavy atom. The summed E-state index contributed by atoms with van der Waals surface area (Å²) in [4.78, 5) is 58.9. The van der Waals surface area contributed by atoms with Crippen LogP contribution in [0.3, 0.4) is 0 Å². The molecule has 50 heavy (non-hydrogen) atoms. The Kier molecular flexibility index (Phi) is 12.2. The maximum atomic E-state index is 16.5. The first-order valence-corrected chi connectivity index (χ1v) is 21.0. The van der Waals surface area contributed by atoms with Gasteiger partial charge >= 0.3 is 5.97 Å². The zero-order chi connectivity index (χ0) is 36.1. The Morgan fingerprint density at radius 3 is 2.52 bits per heavy atom. The van der Waals surface area contributed by atoms with Gasteiger partial charge in [0.1, 0.15) is 0 Å². The van der Waals surface area contributed by atoms with Crippen LogP contribution in [0.1, 0.15) is 75.8 Å². The molecule has 10 nitrogen and oxygen atoms in total. The minimum Gasteiger partial charge on any atom is -0.469 e. The summed E-state index contributed by atoms with van der Waals surface area (Å²) < 4.78 is 28.2. The molecule has 3 aliphatic rings. The van der Waals surface area contributed by atoms with Crippen molar-refractivity contribution >= 4 is 43.5 Å². The number of rotatable bonds is 13. The van der Waals surface area contributed by atoms with Gasteiger partial charge in [0.25, 0.3) is 5.91 Å². The summed E-state index contributed by atoms with van der Waals surface area (Å²) in [6.45, 7) is 6.10. The van der Waals surface area contributed by atoms with Crippen molar-refractivity contribution in [1.82, 2.24) is 4.90 Å². The molecule has 3 amide bonds. The Hall–Kier alpha value is -3.61. The smallest absolute Gasteiger partial charge is 0.305 e. The van der Waals surface area contributed by atoms with Crippen LogP contribution in [0.25, 0.3) is 0 Å². The minimum absolute atomic E-state index is 0.0316. The number of esters is 1. The normalized spacial score (nSPS) is 23.9. The molecular formula is C38H52FN3O7Si. The van der Waals surface area contributed by atoms with Crippen molar-refractivity contribution in [3.8, 4) is 0 Å². The number of hydrogen-bond acceptors (Lipinski definition) is 7. The lowest BCUT2D eigenvalue weighted by atomic mass is 9.82. The summed E-state index contributed by atoms with van der Waals surface area (Å²) in [7, 11) is -2.22. The summed E-state index contributed by atoms with van der Waals surface area (Å²) in [6, 6.07) is 15.1. The topological polar surface area (TPSA) is 117 Å². The summed E-state index contributed by atoms with van der Waals surface area (Å²) in [5, 5.41) is 9.82. The molecule has 1 N–H and O–H groups in total. The first-order chi connectivity index (χ1) is 23.9. The van der Waals surface area contributed by atoms with Gasteiger partial charge in [-0.1, -0.05) is 50.1 Å². The second-order valence-corrected chi connectivity index (χ2v) is 18.2. The van der Waals surface area contributed by atoms with Crippen LogP contribution >= 0.6 is 0 Å². The highest BCUT2D eigenvalue weighted by Gasteiger charge is 2.67. The molecule has 2 aromatic carbocycles. The van der Waals surface area contributed by atoms with E-state index in [2.05, 4.69) is 0 Å². The van der Waals surface area contributed by atoms with Crippen molar-refractivity contribution in [1.29, 1.82) is 0 Å². The fourth-order valence-corrected chi connectivity index (χ4v) is 10.7. The Labute approximate surface area is 296 Å². The molecule has 4 atom stereocenters. The van der Waals surface area contributed by atoms with Crippen LogP contribution in [-0.2, 0) is 40.8 Å². The van der Waals surface area contributed by atoms with Gasteiger partial charge in [0.2, 0.25) is 20.2 Å². The molecule has 0 radical (unpaired) electrons. The van der Waals surface area contributed by atoms with Crippen molar-refractivity contribution in [2.75, 3.05) is 43.2 Å². The van der Waals surface area contributed by atoms with Gasteiger partial charge in [0.05, 0.1) is 31.9 Å². The standard InChI is InChI=1S/C38H52FN3O7Si/c1-27-36(50(3,4)39)32(25-34(45)40(22-23-43)26-28-14-8-7-9-15-28)49-38(27)30-24-29(41-20-12-6-5-10-16-33(41)44)18-19-31(30)42(37(38)47)21-13-11-17-35(46)48-2/h7-9,14-15,18-19,24,27,32,36,43H,5-6,10-13,16-17,20-23,25-26H2,1-4H3/t27-,32+,36-,38+/m1/s1. The first-order valence-electron chi connectivity index (χ1n) is 18.0. The SMILES string of the molecule is COC(=O)CCCCN1C(=O)[C@@]2(O[C@@H](CC(=O)N(CCO)Cc3ccccc3)[C@H]([Si](C)(C)F)[C@H]2C)c2cc(N3CCCCCCC3=O)ccc21. The number of aliphatic hydroxyl groups is 1. The van der Waals surface area contributed by atoms with Crippen LogP contribution < -0.4 is 9.80 Å². The number of carbonyl (C=O) groups excluding carboxylic acids is 4. The van der Waals surface area contributed by atoms with Crippen molar-refractivity contribution in [3.63, 3.8) is 0 Å². The molecule has 0 saturated carbocycles. The predicted molar refractivity (Wildman–Crippen MR) is 192 cm³/mol. The number of hydrogen-bond donors (Lipinski definition) is 1. The van der Waals surface area contributed by atoms with E-state index in [0.717, 1.165) is 31.2 Å². The summed E-state index contributed by atoms with van der Waals surface area (Å²) in [6.07, 6.45) is 4.43. The number of halogens is 1. The van der Waals surface area contributed by atoms with Crippen molar-refractivity contribution in [2.24, 2.45) is 5.92 Å². The van der Waals surface area contributed by atoms with Gasteiger partial charge in [0.15, 0.2) is 5.60 Å². The van der Waals surface area contributed by atoms with Crippen molar-refractivity contribution in [3.05, 3.63) is 59.7 Å². The molecule has 0 aromatic heterocycles. The fraction of sp³-hybridized carbons (Fsp3) is 0.579. The molecule has 272 valence electrons. The lowest BCUT2D eigenvalue weighted by Crippen LogP contribution is -2.45. The van der Waals surface area contributed by atoms with Crippen LogP contribution in [0.15, 0.2) is 48.5 Å². The average molecular weight is 710 g/mol. The average Bonchev–Trinajstić information content (AvgIpc) is 3.50. The van der Waals surface area contributed by atoms with E-state index in [-0.39, 0.29) is 56.2 Å². The lowest BCUT2D eigenvalue weighted by Gasteiger charge is -2.32. The molecule has 2 fully saturated rings. The second-order valence-electron chi connectivity index (χ2n) is 14.4. The number of fused-ring (bicyclic) bond motifs is 2. The van der Waals surface area contributed by atoms with Crippen molar-refractivity contribution < 1.29 is 37.9 Å². The van der Waals surface area contributed by atoms with Gasteiger partial charge in [0, 0.05) is 61.7 Å². The third-order valence-electron chi connectivity index (χ3n) is 10.6. The van der Waals surface area contributed by atoms with E-state index in [1.54, 1.807) is 27.8 Å². The van der Waals surface area contributed by atoms with Gasteiger partial charge in [-0.2, -0.15) is 0 Å². The van der Waals surface area contributed by atoms with Gasteiger partial charge in [-0.05, 0) is 62.5 Å².